The Balaban J connectivity index is 1.25. The van der Waals surface area contributed by atoms with E-state index in [2.05, 4.69) is 21.2 Å². The van der Waals surface area contributed by atoms with Crippen molar-refractivity contribution >= 4 is 33.5 Å². The first-order valence-electron chi connectivity index (χ1n) is 9.13. The molecule has 2 saturated carbocycles. The Labute approximate surface area is 165 Å². The molecule has 2 aromatic rings. The van der Waals surface area contributed by atoms with Gasteiger partial charge < -0.3 is 14.8 Å². The predicted octanol–water partition coefficient (Wildman–Crippen LogP) is 4.38. The van der Waals surface area contributed by atoms with E-state index in [-0.39, 0.29) is 41.7 Å². The molecule has 1 aliphatic heterocycles. The molecule has 5 rings (SSSR count). The number of amides is 1. The third-order valence-electron chi connectivity index (χ3n) is 5.96. The average Bonchev–Trinajstić information content (AvgIpc) is 3.27. The molecule has 2 aromatic carbocycles. The number of benzene rings is 2. The van der Waals surface area contributed by atoms with Gasteiger partial charge >= 0.3 is 5.97 Å². The normalized spacial score (nSPS) is 30.3. The summed E-state index contributed by atoms with van der Waals surface area (Å²) in [6, 6.07) is 14.8. The lowest BCUT2D eigenvalue weighted by Crippen LogP contribution is -2.35. The molecular weight excluding hydrogens is 410 g/mol. The minimum atomic E-state index is -0.264. The van der Waals surface area contributed by atoms with Crippen LogP contribution in [0.25, 0.3) is 0 Å². The molecule has 1 amide bonds. The first-order chi connectivity index (χ1) is 13.1. The van der Waals surface area contributed by atoms with Gasteiger partial charge in [0.25, 0.3) is 0 Å². The standard InChI is InChI=1S/C21H18BrNO4/c22-12-1-5-14(6-2-12)26-15-7-3-13(4-8-15)23-20(24)18-11-9-16-17(10-11)27-21(25)19(16)18/h1-8,11,16-19H,9-10H2,(H,23,24)/t11-,16+,17-,18-,19-/m1/s1. The molecule has 2 bridgehead atoms. The van der Waals surface area contributed by atoms with Crippen LogP contribution in [0.3, 0.4) is 0 Å². The molecule has 2 aliphatic carbocycles. The summed E-state index contributed by atoms with van der Waals surface area (Å²) in [5.41, 5.74) is 0.703. The molecule has 1 heterocycles. The predicted molar refractivity (Wildman–Crippen MR) is 102 cm³/mol. The fraction of sp³-hybridized carbons (Fsp3) is 0.333. The van der Waals surface area contributed by atoms with E-state index in [0.29, 0.717) is 11.4 Å². The van der Waals surface area contributed by atoms with E-state index < -0.39 is 0 Å². The van der Waals surface area contributed by atoms with Gasteiger partial charge in [-0.15, -0.1) is 0 Å². The second-order valence-corrected chi connectivity index (χ2v) is 8.41. The van der Waals surface area contributed by atoms with Crippen LogP contribution in [0.15, 0.2) is 53.0 Å². The maximum absolute atomic E-state index is 12.8. The van der Waals surface area contributed by atoms with Crippen LogP contribution < -0.4 is 10.1 Å². The molecule has 27 heavy (non-hydrogen) atoms. The summed E-state index contributed by atoms with van der Waals surface area (Å²) in [5.74, 6) is 1.14. The lowest BCUT2D eigenvalue weighted by atomic mass is 9.79. The zero-order valence-corrected chi connectivity index (χ0v) is 16.0. The summed E-state index contributed by atoms with van der Waals surface area (Å²) >= 11 is 3.39. The van der Waals surface area contributed by atoms with Gasteiger partial charge in [-0.3, -0.25) is 9.59 Å². The third kappa shape index (κ3) is 2.92. The van der Waals surface area contributed by atoms with E-state index in [9.17, 15) is 9.59 Å². The minimum absolute atomic E-state index is 0.0478. The number of rotatable bonds is 4. The quantitative estimate of drug-likeness (QED) is 0.735. The summed E-state index contributed by atoms with van der Waals surface area (Å²) in [6.45, 7) is 0. The molecule has 5 nitrogen and oxygen atoms in total. The summed E-state index contributed by atoms with van der Waals surface area (Å²) in [4.78, 5) is 24.9. The van der Waals surface area contributed by atoms with Crippen molar-refractivity contribution in [3.05, 3.63) is 53.0 Å². The Hall–Kier alpha value is -2.34. The van der Waals surface area contributed by atoms with Crippen LogP contribution in [-0.2, 0) is 14.3 Å². The first-order valence-corrected chi connectivity index (χ1v) is 9.92. The van der Waals surface area contributed by atoms with Gasteiger partial charge in [0.05, 0.1) is 11.8 Å². The van der Waals surface area contributed by atoms with Crippen molar-refractivity contribution in [3.63, 3.8) is 0 Å². The van der Waals surface area contributed by atoms with E-state index in [1.54, 1.807) is 0 Å². The summed E-state index contributed by atoms with van der Waals surface area (Å²) in [7, 11) is 0. The maximum Gasteiger partial charge on any atom is 0.310 e. The van der Waals surface area contributed by atoms with E-state index in [4.69, 9.17) is 9.47 Å². The van der Waals surface area contributed by atoms with Gasteiger partial charge in [0.2, 0.25) is 5.91 Å². The molecule has 0 aromatic heterocycles. The highest BCUT2D eigenvalue weighted by Crippen LogP contribution is 2.57. The van der Waals surface area contributed by atoms with E-state index in [1.165, 1.54) is 0 Å². The Morgan fingerprint density at radius 1 is 1.04 bits per heavy atom. The highest BCUT2D eigenvalue weighted by molar-refractivity contribution is 9.10. The van der Waals surface area contributed by atoms with E-state index >= 15 is 0 Å². The third-order valence-corrected chi connectivity index (χ3v) is 6.49. The van der Waals surface area contributed by atoms with Crippen molar-refractivity contribution in [2.75, 3.05) is 5.32 Å². The molecule has 3 fully saturated rings. The zero-order chi connectivity index (χ0) is 18.5. The van der Waals surface area contributed by atoms with Gasteiger partial charge in [0, 0.05) is 16.1 Å². The lowest BCUT2D eigenvalue weighted by molar-refractivity contribution is -0.145. The fourth-order valence-corrected chi connectivity index (χ4v) is 5.10. The number of nitrogens with one attached hydrogen (secondary N) is 1. The van der Waals surface area contributed by atoms with Crippen LogP contribution in [-0.4, -0.2) is 18.0 Å². The SMILES string of the molecule is O=C(Nc1ccc(Oc2ccc(Br)cc2)cc1)[C@@H]1[C@@H]2C[C@@H]3[C@H]1C(=O)O[C@@H]3C2. The fourth-order valence-electron chi connectivity index (χ4n) is 4.83. The zero-order valence-electron chi connectivity index (χ0n) is 14.4. The van der Waals surface area contributed by atoms with Crippen molar-refractivity contribution in [1.29, 1.82) is 0 Å². The van der Waals surface area contributed by atoms with Gasteiger partial charge in [0.1, 0.15) is 17.6 Å². The summed E-state index contributed by atoms with van der Waals surface area (Å²) in [5, 5.41) is 2.96. The molecule has 6 heteroatoms. The average molecular weight is 428 g/mol. The van der Waals surface area contributed by atoms with Crippen LogP contribution in [0.5, 0.6) is 11.5 Å². The van der Waals surface area contributed by atoms with Crippen LogP contribution in [0.2, 0.25) is 0 Å². The van der Waals surface area contributed by atoms with Crippen molar-refractivity contribution in [2.24, 2.45) is 23.7 Å². The molecule has 0 spiro atoms. The monoisotopic (exact) mass is 427 g/mol. The van der Waals surface area contributed by atoms with Crippen LogP contribution in [0.1, 0.15) is 12.8 Å². The number of hydrogen-bond acceptors (Lipinski definition) is 4. The molecule has 138 valence electrons. The number of ether oxygens (including phenoxy) is 2. The number of carbonyl (C=O) groups is 2. The highest BCUT2D eigenvalue weighted by atomic mass is 79.9. The summed E-state index contributed by atoms with van der Waals surface area (Å²) in [6.07, 6.45) is 1.80. The molecule has 3 aliphatic rings. The lowest BCUT2D eigenvalue weighted by Gasteiger charge is -2.23. The number of anilines is 1. The second-order valence-electron chi connectivity index (χ2n) is 7.49. The Morgan fingerprint density at radius 3 is 2.41 bits per heavy atom. The van der Waals surface area contributed by atoms with Crippen molar-refractivity contribution < 1.29 is 19.1 Å². The second kappa shape index (κ2) is 6.37. The number of fused-ring (bicyclic) bond motifs is 1. The van der Waals surface area contributed by atoms with E-state index in [1.807, 2.05) is 48.5 Å². The van der Waals surface area contributed by atoms with Crippen molar-refractivity contribution in [2.45, 2.75) is 18.9 Å². The molecule has 1 N–H and O–H groups in total. The Bertz CT molecular complexity index is 893. The molecular formula is C21H18BrNO4. The van der Waals surface area contributed by atoms with Gasteiger partial charge in [-0.2, -0.15) is 0 Å². The van der Waals surface area contributed by atoms with E-state index in [0.717, 1.165) is 23.1 Å². The number of halogens is 1. The van der Waals surface area contributed by atoms with Gasteiger partial charge in [-0.25, -0.2) is 0 Å². The summed E-state index contributed by atoms with van der Waals surface area (Å²) < 4.78 is 12.2. The van der Waals surface area contributed by atoms with Crippen LogP contribution in [0.4, 0.5) is 5.69 Å². The molecule has 1 saturated heterocycles. The van der Waals surface area contributed by atoms with Gasteiger partial charge in [0.15, 0.2) is 0 Å². The number of carbonyl (C=O) groups excluding carboxylic acids is 2. The van der Waals surface area contributed by atoms with Crippen LogP contribution in [0, 0.1) is 23.7 Å². The topological polar surface area (TPSA) is 64.6 Å². The first kappa shape index (κ1) is 16.8. The maximum atomic E-state index is 12.8. The van der Waals surface area contributed by atoms with Crippen molar-refractivity contribution in [3.8, 4) is 11.5 Å². The number of hydrogen-bond donors (Lipinski definition) is 1. The van der Waals surface area contributed by atoms with Gasteiger partial charge in [-0.1, -0.05) is 15.9 Å². The molecule has 0 radical (unpaired) electrons. The van der Waals surface area contributed by atoms with Crippen LogP contribution >= 0.6 is 15.9 Å². The Kier molecular flexibility index (Phi) is 3.97. The molecule has 5 atom stereocenters. The Morgan fingerprint density at radius 2 is 1.70 bits per heavy atom. The number of esters is 1. The smallest absolute Gasteiger partial charge is 0.310 e. The highest BCUT2D eigenvalue weighted by Gasteiger charge is 2.63. The van der Waals surface area contributed by atoms with Crippen molar-refractivity contribution in [1.82, 2.24) is 0 Å². The molecule has 0 unspecified atom stereocenters. The largest absolute Gasteiger partial charge is 0.462 e. The van der Waals surface area contributed by atoms with Gasteiger partial charge in [-0.05, 0) is 67.3 Å². The minimum Gasteiger partial charge on any atom is -0.462 e.